The fourth-order valence-electron chi connectivity index (χ4n) is 5.53. The molecule has 0 saturated carbocycles. The van der Waals surface area contributed by atoms with Crippen molar-refractivity contribution >= 4 is 50.9 Å². The molecule has 2 amide bonds. The van der Waals surface area contributed by atoms with Crippen LogP contribution in [0.1, 0.15) is 39.8 Å². The maximum atomic E-state index is 13.0. The number of nitrogens with one attached hydrogen (secondary N) is 1. The van der Waals surface area contributed by atoms with Crippen molar-refractivity contribution in [3.05, 3.63) is 110 Å². The van der Waals surface area contributed by atoms with Gasteiger partial charge in [-0.25, -0.2) is 9.78 Å². The molecule has 1 atom stereocenters. The fraction of sp³-hybridized carbons (Fsp3) is 0.226. The molecule has 1 N–H and O–H groups in total. The monoisotopic (exact) mass is 627 g/mol. The van der Waals surface area contributed by atoms with Crippen LogP contribution in [0.4, 0.5) is 10.5 Å². The Labute approximate surface area is 252 Å². The lowest BCUT2D eigenvalue weighted by Gasteiger charge is -2.39. The van der Waals surface area contributed by atoms with Gasteiger partial charge >= 0.3 is 6.03 Å². The molecule has 206 valence electrons. The summed E-state index contributed by atoms with van der Waals surface area (Å²) in [4.78, 5) is 26.7. The second-order valence-electron chi connectivity index (χ2n) is 10.2. The second kappa shape index (κ2) is 11.5. The van der Waals surface area contributed by atoms with Crippen LogP contribution < -0.4 is 5.32 Å². The number of carbonyl (C=O) groups excluding carboxylic acids is 1. The van der Waals surface area contributed by atoms with Crippen LogP contribution in [-0.4, -0.2) is 56.5 Å². The number of urea groups is 1. The Morgan fingerprint density at radius 1 is 1.12 bits per heavy atom. The number of hydrogen-bond acceptors (Lipinski definition) is 5. The number of amides is 2. The van der Waals surface area contributed by atoms with Crippen molar-refractivity contribution in [2.45, 2.75) is 19.5 Å². The van der Waals surface area contributed by atoms with Crippen LogP contribution in [0.3, 0.4) is 0 Å². The highest BCUT2D eigenvalue weighted by Gasteiger charge is 2.34. The van der Waals surface area contributed by atoms with Crippen molar-refractivity contribution in [3.63, 3.8) is 0 Å². The van der Waals surface area contributed by atoms with Gasteiger partial charge in [-0.3, -0.25) is 9.88 Å². The van der Waals surface area contributed by atoms with Crippen molar-refractivity contribution in [2.24, 2.45) is 0 Å². The molecule has 3 heterocycles. The molecule has 41 heavy (non-hydrogen) atoms. The molecule has 0 spiro atoms. The van der Waals surface area contributed by atoms with Gasteiger partial charge in [0.05, 0.1) is 23.4 Å². The molecule has 1 fully saturated rings. The molecule has 4 aromatic rings. The summed E-state index contributed by atoms with van der Waals surface area (Å²) in [5.74, 6) is 0.943. The maximum absolute atomic E-state index is 13.0. The van der Waals surface area contributed by atoms with Crippen LogP contribution in [0.5, 0.6) is 0 Å². The van der Waals surface area contributed by atoms with Crippen LogP contribution in [0.2, 0.25) is 5.02 Å². The molecular formula is C31H27BrClN7O. The topological polar surface area (TPSA) is 90.1 Å². The number of halogens is 2. The Bertz CT molecular complexity index is 1680. The standard InChI is InChI=1S/C31H27BrClN7O/c1-20-35-8-9-40(20)19-23-14-22-15-25(33)4-7-27(22)30(29-28(23)16-24(32)18-36-29)38-10-12-39(13-11-38)31(41)37-26-5-2-21(17-34)3-6-26/h2-9,14-16,18,30H,10-13,19H2,1H3,(H,37,41)/t30-/m1/s1. The number of piperazine rings is 1. The number of anilines is 1. The SMILES string of the molecule is Cc1nccn1CC1=Cc2cc(Cl)ccc2[C@@H](N2CCN(C(=O)Nc3ccc(C#N)cc3)CC2)c2ncc(Br)cc21. The van der Waals surface area contributed by atoms with E-state index in [9.17, 15) is 4.79 Å². The minimum atomic E-state index is -0.149. The van der Waals surface area contributed by atoms with Crippen molar-refractivity contribution in [1.29, 1.82) is 5.26 Å². The summed E-state index contributed by atoms with van der Waals surface area (Å²) in [7, 11) is 0. The first kappa shape index (κ1) is 27.2. The minimum absolute atomic E-state index is 0.105. The summed E-state index contributed by atoms with van der Waals surface area (Å²) in [6.07, 6.45) is 7.88. The van der Waals surface area contributed by atoms with Gasteiger partial charge < -0.3 is 14.8 Å². The molecule has 6 rings (SSSR count). The average Bonchev–Trinajstić information content (AvgIpc) is 3.33. The lowest BCUT2D eigenvalue weighted by Crippen LogP contribution is -2.51. The normalized spacial score (nSPS) is 16.7. The third kappa shape index (κ3) is 5.64. The number of allylic oxidation sites excluding steroid dienone is 1. The summed E-state index contributed by atoms with van der Waals surface area (Å²) in [5.41, 5.74) is 6.60. The molecule has 1 aliphatic carbocycles. The number of carbonyl (C=O) groups is 1. The Morgan fingerprint density at radius 2 is 1.90 bits per heavy atom. The number of hydrogen-bond donors (Lipinski definition) is 1. The molecule has 0 bridgehead atoms. The van der Waals surface area contributed by atoms with Crippen LogP contribution >= 0.6 is 27.5 Å². The Morgan fingerprint density at radius 3 is 2.61 bits per heavy atom. The zero-order valence-electron chi connectivity index (χ0n) is 22.4. The fourth-order valence-corrected chi connectivity index (χ4v) is 6.04. The van der Waals surface area contributed by atoms with E-state index >= 15 is 0 Å². The molecule has 1 saturated heterocycles. The van der Waals surface area contributed by atoms with Crippen molar-refractivity contribution in [1.82, 2.24) is 24.3 Å². The summed E-state index contributed by atoms with van der Waals surface area (Å²) < 4.78 is 3.04. The number of aryl methyl sites for hydroxylation is 1. The highest BCUT2D eigenvalue weighted by molar-refractivity contribution is 9.10. The first-order valence-corrected chi connectivity index (χ1v) is 14.5. The predicted molar refractivity (Wildman–Crippen MR) is 163 cm³/mol. The number of pyridine rings is 1. The molecule has 1 aliphatic heterocycles. The highest BCUT2D eigenvalue weighted by atomic mass is 79.9. The van der Waals surface area contributed by atoms with Crippen molar-refractivity contribution < 1.29 is 4.79 Å². The molecule has 2 aromatic carbocycles. The van der Waals surface area contributed by atoms with Gasteiger partial charge in [0.2, 0.25) is 0 Å². The number of fused-ring (bicyclic) bond motifs is 2. The molecule has 8 nitrogen and oxygen atoms in total. The maximum Gasteiger partial charge on any atom is 0.321 e. The van der Waals surface area contributed by atoms with Crippen molar-refractivity contribution in [3.8, 4) is 6.07 Å². The Kier molecular flexibility index (Phi) is 7.63. The first-order valence-electron chi connectivity index (χ1n) is 13.3. The third-order valence-corrected chi connectivity index (χ3v) is 8.33. The van der Waals surface area contributed by atoms with Gasteiger partial charge in [0.15, 0.2) is 0 Å². The van der Waals surface area contributed by atoms with E-state index in [2.05, 4.69) is 60.0 Å². The lowest BCUT2D eigenvalue weighted by molar-refractivity contribution is 0.125. The van der Waals surface area contributed by atoms with Crippen LogP contribution in [-0.2, 0) is 6.54 Å². The van der Waals surface area contributed by atoms with E-state index in [4.69, 9.17) is 21.8 Å². The third-order valence-electron chi connectivity index (χ3n) is 7.66. The lowest BCUT2D eigenvalue weighted by atomic mass is 9.95. The molecule has 2 aliphatic rings. The zero-order chi connectivity index (χ0) is 28.5. The Balaban J connectivity index is 1.29. The highest BCUT2D eigenvalue weighted by Crippen LogP contribution is 2.41. The predicted octanol–water partition coefficient (Wildman–Crippen LogP) is 6.37. The number of nitrogens with zero attached hydrogens (tertiary/aromatic N) is 6. The number of nitriles is 1. The van der Waals surface area contributed by atoms with E-state index in [1.807, 2.05) is 42.5 Å². The number of aromatic nitrogens is 3. The van der Waals surface area contributed by atoms with Gasteiger partial charge in [0, 0.05) is 72.1 Å². The van der Waals surface area contributed by atoms with Gasteiger partial charge in [-0.05, 0) is 88.1 Å². The van der Waals surface area contributed by atoms with Crippen molar-refractivity contribution in [2.75, 3.05) is 31.5 Å². The van der Waals surface area contributed by atoms with E-state index in [0.717, 1.165) is 38.3 Å². The van der Waals surface area contributed by atoms with Crippen LogP contribution in [0.25, 0.3) is 11.6 Å². The van der Waals surface area contributed by atoms with Gasteiger partial charge in [0.1, 0.15) is 5.82 Å². The van der Waals surface area contributed by atoms with E-state index in [1.165, 1.54) is 0 Å². The van der Waals surface area contributed by atoms with E-state index in [1.54, 1.807) is 24.3 Å². The summed E-state index contributed by atoms with van der Waals surface area (Å²) in [6, 6.07) is 16.9. The molecule has 0 unspecified atom stereocenters. The summed E-state index contributed by atoms with van der Waals surface area (Å²) in [5, 5.41) is 12.7. The molecule has 0 radical (unpaired) electrons. The van der Waals surface area contributed by atoms with E-state index < -0.39 is 0 Å². The van der Waals surface area contributed by atoms with Gasteiger partial charge in [-0.15, -0.1) is 0 Å². The van der Waals surface area contributed by atoms with Gasteiger partial charge in [0.25, 0.3) is 0 Å². The molecule has 10 heteroatoms. The van der Waals surface area contributed by atoms with Crippen LogP contribution in [0.15, 0.2) is 71.6 Å². The molecular weight excluding hydrogens is 602 g/mol. The quantitative estimate of drug-likeness (QED) is 0.284. The van der Waals surface area contributed by atoms with E-state index in [-0.39, 0.29) is 12.1 Å². The summed E-state index contributed by atoms with van der Waals surface area (Å²) in [6.45, 7) is 5.16. The minimum Gasteiger partial charge on any atom is -0.331 e. The largest absolute Gasteiger partial charge is 0.331 e. The van der Waals surface area contributed by atoms with E-state index in [0.29, 0.717) is 49.0 Å². The smallest absolute Gasteiger partial charge is 0.321 e. The zero-order valence-corrected chi connectivity index (χ0v) is 24.7. The first-order chi connectivity index (χ1) is 19.9. The number of imidazole rings is 1. The average molecular weight is 629 g/mol. The van der Waals surface area contributed by atoms with Crippen LogP contribution in [0, 0.1) is 18.3 Å². The number of benzene rings is 2. The van der Waals surface area contributed by atoms with Gasteiger partial charge in [-0.1, -0.05) is 17.7 Å². The molecule has 2 aromatic heterocycles. The number of rotatable bonds is 4. The van der Waals surface area contributed by atoms with Gasteiger partial charge in [-0.2, -0.15) is 5.26 Å². The Hall–Kier alpha value is -3.97. The second-order valence-corrected chi connectivity index (χ2v) is 11.5. The summed E-state index contributed by atoms with van der Waals surface area (Å²) >= 11 is 10.2.